The van der Waals surface area contributed by atoms with Gasteiger partial charge in [0.15, 0.2) is 0 Å². The fourth-order valence-electron chi connectivity index (χ4n) is 2.97. The fraction of sp³-hybridized carbons (Fsp3) is 0.471. The smallest absolute Gasteiger partial charge is 0.338 e. The summed E-state index contributed by atoms with van der Waals surface area (Å²) in [6.45, 7) is 4.48. The van der Waals surface area contributed by atoms with Crippen LogP contribution in [-0.4, -0.2) is 31.1 Å². The Morgan fingerprint density at radius 3 is 2.81 bits per heavy atom. The maximum Gasteiger partial charge on any atom is 0.338 e. The molecule has 4 nitrogen and oxygen atoms in total. The first kappa shape index (κ1) is 14.1. The lowest BCUT2D eigenvalue weighted by Gasteiger charge is -2.26. The van der Waals surface area contributed by atoms with Crippen LogP contribution in [0.3, 0.4) is 0 Å². The van der Waals surface area contributed by atoms with Gasteiger partial charge in [-0.1, -0.05) is 18.6 Å². The van der Waals surface area contributed by atoms with Crippen molar-refractivity contribution in [3.8, 4) is 0 Å². The van der Waals surface area contributed by atoms with E-state index in [0.29, 0.717) is 5.58 Å². The zero-order chi connectivity index (χ0) is 14.5. The number of benzene rings is 1. The van der Waals surface area contributed by atoms with Gasteiger partial charge in [-0.3, -0.25) is 0 Å². The number of fused-ring (bicyclic) bond motifs is 1. The first-order chi connectivity index (χ1) is 10.3. The molecule has 112 valence electrons. The summed E-state index contributed by atoms with van der Waals surface area (Å²) in [5, 5.41) is 4.35. The second kappa shape index (κ2) is 6.76. The standard InChI is InChI=1S/C17H22N2O2/c20-17-13-15(14-7-2-3-8-16(14)21-17)18-9-6-12-19-10-4-1-5-11-19/h2-3,7-8,13,18H,1,4-6,9-12H2. The van der Waals surface area contributed by atoms with Crippen LogP contribution in [0, 0.1) is 0 Å². The van der Waals surface area contributed by atoms with Crippen LogP contribution in [0.4, 0.5) is 5.69 Å². The molecular formula is C17H22N2O2. The predicted octanol–water partition coefficient (Wildman–Crippen LogP) is 3.08. The lowest BCUT2D eigenvalue weighted by Crippen LogP contribution is -2.31. The minimum absolute atomic E-state index is 0.299. The monoisotopic (exact) mass is 286 g/mol. The lowest BCUT2D eigenvalue weighted by atomic mass is 10.1. The van der Waals surface area contributed by atoms with Crippen LogP contribution in [0.15, 0.2) is 39.5 Å². The summed E-state index contributed by atoms with van der Waals surface area (Å²) in [6, 6.07) is 9.19. The molecule has 0 atom stereocenters. The summed E-state index contributed by atoms with van der Waals surface area (Å²) in [6.07, 6.45) is 5.13. The molecule has 3 rings (SSSR count). The molecule has 1 aromatic carbocycles. The first-order valence-electron chi connectivity index (χ1n) is 7.82. The third-order valence-corrected chi connectivity index (χ3v) is 4.07. The Morgan fingerprint density at radius 2 is 1.95 bits per heavy atom. The SMILES string of the molecule is O=c1cc(NCCCN2CCCCC2)c2ccccc2o1. The number of nitrogens with one attached hydrogen (secondary N) is 1. The first-order valence-corrected chi connectivity index (χ1v) is 7.82. The van der Waals surface area contributed by atoms with Crippen LogP contribution < -0.4 is 10.9 Å². The number of para-hydroxylation sites is 1. The van der Waals surface area contributed by atoms with E-state index in [2.05, 4.69) is 10.2 Å². The molecule has 1 saturated heterocycles. The normalized spacial score (nSPS) is 16.2. The van der Waals surface area contributed by atoms with Gasteiger partial charge in [0, 0.05) is 18.0 Å². The van der Waals surface area contributed by atoms with E-state index < -0.39 is 0 Å². The number of piperidine rings is 1. The maximum absolute atomic E-state index is 11.6. The molecule has 0 bridgehead atoms. The highest BCUT2D eigenvalue weighted by atomic mass is 16.4. The Bertz CT molecular complexity index is 645. The topological polar surface area (TPSA) is 45.5 Å². The van der Waals surface area contributed by atoms with Gasteiger partial charge in [-0.2, -0.15) is 0 Å². The molecule has 0 amide bonds. The highest BCUT2D eigenvalue weighted by Gasteiger charge is 2.09. The van der Waals surface area contributed by atoms with E-state index in [1.165, 1.54) is 32.4 Å². The Balaban J connectivity index is 1.58. The van der Waals surface area contributed by atoms with Crippen molar-refractivity contribution in [3.63, 3.8) is 0 Å². The second-order valence-corrected chi connectivity index (χ2v) is 5.66. The van der Waals surface area contributed by atoms with E-state index in [9.17, 15) is 4.79 Å². The molecule has 0 aliphatic carbocycles. The maximum atomic E-state index is 11.6. The van der Waals surface area contributed by atoms with Gasteiger partial charge in [0.1, 0.15) is 5.58 Å². The number of hydrogen-bond acceptors (Lipinski definition) is 4. The minimum Gasteiger partial charge on any atom is -0.423 e. The van der Waals surface area contributed by atoms with Gasteiger partial charge >= 0.3 is 5.63 Å². The van der Waals surface area contributed by atoms with Gasteiger partial charge in [0.05, 0.1) is 5.69 Å². The van der Waals surface area contributed by atoms with E-state index in [1.54, 1.807) is 6.07 Å². The molecule has 0 unspecified atom stereocenters. The lowest BCUT2D eigenvalue weighted by molar-refractivity contribution is 0.228. The van der Waals surface area contributed by atoms with Crippen LogP contribution in [0.25, 0.3) is 11.0 Å². The molecular weight excluding hydrogens is 264 g/mol. The minimum atomic E-state index is -0.299. The van der Waals surface area contributed by atoms with E-state index in [4.69, 9.17) is 4.42 Å². The Hall–Kier alpha value is -1.81. The second-order valence-electron chi connectivity index (χ2n) is 5.66. The van der Waals surface area contributed by atoms with Gasteiger partial charge < -0.3 is 14.6 Å². The highest BCUT2D eigenvalue weighted by Crippen LogP contribution is 2.20. The molecule has 1 fully saturated rings. The zero-order valence-corrected chi connectivity index (χ0v) is 12.3. The van der Waals surface area contributed by atoms with Gasteiger partial charge in [0.25, 0.3) is 0 Å². The summed E-state index contributed by atoms with van der Waals surface area (Å²) in [4.78, 5) is 14.1. The fourth-order valence-corrected chi connectivity index (χ4v) is 2.97. The quantitative estimate of drug-likeness (QED) is 0.678. The van der Waals surface area contributed by atoms with Gasteiger partial charge in [0.2, 0.25) is 0 Å². The van der Waals surface area contributed by atoms with Gasteiger partial charge in [-0.15, -0.1) is 0 Å². The Labute approximate surface area is 124 Å². The average Bonchev–Trinajstić information content (AvgIpc) is 2.52. The number of hydrogen-bond donors (Lipinski definition) is 1. The third-order valence-electron chi connectivity index (χ3n) is 4.07. The molecule has 2 aromatic rings. The highest BCUT2D eigenvalue weighted by molar-refractivity contribution is 5.89. The molecule has 1 N–H and O–H groups in total. The van der Waals surface area contributed by atoms with Crippen molar-refractivity contribution in [2.45, 2.75) is 25.7 Å². The molecule has 2 heterocycles. The molecule has 1 aliphatic heterocycles. The van der Waals surface area contributed by atoms with E-state index in [1.807, 2.05) is 24.3 Å². The largest absolute Gasteiger partial charge is 0.423 e. The van der Waals surface area contributed by atoms with E-state index in [-0.39, 0.29) is 5.63 Å². The number of rotatable bonds is 5. The van der Waals surface area contributed by atoms with Crippen molar-refractivity contribution in [3.05, 3.63) is 40.8 Å². The van der Waals surface area contributed by atoms with Crippen molar-refractivity contribution in [2.24, 2.45) is 0 Å². The number of anilines is 1. The van der Waals surface area contributed by atoms with Crippen molar-refractivity contribution < 1.29 is 4.42 Å². The van der Waals surface area contributed by atoms with Gasteiger partial charge in [-0.25, -0.2) is 4.79 Å². The molecule has 0 saturated carbocycles. The number of likely N-dealkylation sites (tertiary alicyclic amines) is 1. The molecule has 4 heteroatoms. The summed E-state index contributed by atoms with van der Waals surface area (Å²) in [5.41, 5.74) is 1.22. The van der Waals surface area contributed by atoms with Crippen LogP contribution >= 0.6 is 0 Å². The molecule has 21 heavy (non-hydrogen) atoms. The summed E-state index contributed by atoms with van der Waals surface area (Å²) >= 11 is 0. The van der Waals surface area contributed by atoms with E-state index >= 15 is 0 Å². The van der Waals surface area contributed by atoms with Crippen molar-refractivity contribution in [1.29, 1.82) is 0 Å². The van der Waals surface area contributed by atoms with E-state index in [0.717, 1.165) is 30.6 Å². The van der Waals surface area contributed by atoms with Crippen molar-refractivity contribution in [1.82, 2.24) is 4.90 Å². The Kier molecular flexibility index (Phi) is 4.55. The van der Waals surface area contributed by atoms with Crippen LogP contribution in [0.5, 0.6) is 0 Å². The predicted molar refractivity (Wildman–Crippen MR) is 85.9 cm³/mol. The average molecular weight is 286 g/mol. The summed E-state index contributed by atoms with van der Waals surface area (Å²) < 4.78 is 5.20. The van der Waals surface area contributed by atoms with Gasteiger partial charge in [-0.05, 0) is 51.0 Å². The third kappa shape index (κ3) is 3.64. The molecule has 0 radical (unpaired) electrons. The summed E-state index contributed by atoms with van der Waals surface area (Å²) in [7, 11) is 0. The summed E-state index contributed by atoms with van der Waals surface area (Å²) in [5.74, 6) is 0. The van der Waals surface area contributed by atoms with Crippen molar-refractivity contribution >= 4 is 16.7 Å². The number of nitrogens with zero attached hydrogens (tertiary/aromatic N) is 1. The molecule has 0 spiro atoms. The van der Waals surface area contributed by atoms with Crippen LogP contribution in [0.1, 0.15) is 25.7 Å². The van der Waals surface area contributed by atoms with Crippen LogP contribution in [-0.2, 0) is 0 Å². The zero-order valence-electron chi connectivity index (χ0n) is 12.3. The molecule has 1 aliphatic rings. The van der Waals surface area contributed by atoms with Crippen LogP contribution in [0.2, 0.25) is 0 Å². The molecule has 1 aromatic heterocycles. The van der Waals surface area contributed by atoms with Crippen molar-refractivity contribution in [2.75, 3.05) is 31.5 Å². The Morgan fingerprint density at radius 1 is 1.14 bits per heavy atom.